The first-order valence-electron chi connectivity index (χ1n) is 7.13. The summed E-state index contributed by atoms with van der Waals surface area (Å²) in [5.41, 5.74) is 1.90. The highest BCUT2D eigenvalue weighted by Gasteiger charge is 2.17. The van der Waals surface area contributed by atoms with Crippen molar-refractivity contribution in [2.45, 2.75) is 6.54 Å². The molecule has 3 rings (SSSR count). The lowest BCUT2D eigenvalue weighted by Crippen LogP contribution is -2.27. The maximum atomic E-state index is 12.2. The average molecular weight is 312 g/mol. The van der Waals surface area contributed by atoms with Gasteiger partial charge in [0.15, 0.2) is 6.61 Å². The Morgan fingerprint density at radius 1 is 1.30 bits per heavy atom. The van der Waals surface area contributed by atoms with E-state index < -0.39 is 0 Å². The van der Waals surface area contributed by atoms with Gasteiger partial charge in [-0.25, -0.2) is 0 Å². The van der Waals surface area contributed by atoms with Crippen LogP contribution < -0.4 is 20.1 Å². The molecule has 118 valence electrons. The average Bonchev–Trinajstić information content (AvgIpc) is 2.59. The van der Waals surface area contributed by atoms with Gasteiger partial charge in [-0.1, -0.05) is 12.1 Å². The van der Waals surface area contributed by atoms with Gasteiger partial charge in [-0.15, -0.1) is 0 Å². The number of ether oxygens (including phenoxy) is 2. The number of rotatable bonds is 4. The largest absolute Gasteiger partial charge is 0.497 e. The van der Waals surface area contributed by atoms with Crippen LogP contribution in [-0.4, -0.2) is 25.5 Å². The number of anilines is 1. The van der Waals surface area contributed by atoms with Crippen LogP contribution in [0.3, 0.4) is 0 Å². The van der Waals surface area contributed by atoms with E-state index in [0.717, 1.165) is 11.3 Å². The highest BCUT2D eigenvalue weighted by molar-refractivity contribution is 5.99. The molecule has 0 aliphatic carbocycles. The fourth-order valence-corrected chi connectivity index (χ4v) is 2.29. The zero-order valence-corrected chi connectivity index (χ0v) is 12.6. The number of carbonyl (C=O) groups excluding carboxylic acids is 2. The summed E-state index contributed by atoms with van der Waals surface area (Å²) in [7, 11) is 1.60. The number of nitrogens with one attached hydrogen (secondary N) is 2. The standard InChI is InChI=1S/C17H16N2O4/c1-22-13-4-2-3-11(7-13)9-18-17(21)12-5-6-15-14(8-12)19-16(20)10-23-15/h2-8H,9-10H2,1H3,(H,18,21)(H,19,20). The van der Waals surface area contributed by atoms with E-state index in [2.05, 4.69) is 10.6 Å². The molecular formula is C17H16N2O4. The number of fused-ring (bicyclic) bond motifs is 1. The Bertz CT molecular complexity index is 758. The number of amides is 2. The topological polar surface area (TPSA) is 76.7 Å². The maximum absolute atomic E-state index is 12.2. The summed E-state index contributed by atoms with van der Waals surface area (Å²) < 4.78 is 10.4. The van der Waals surface area contributed by atoms with Gasteiger partial charge in [0.05, 0.1) is 12.8 Å². The number of hydrogen-bond donors (Lipinski definition) is 2. The molecule has 0 unspecified atom stereocenters. The predicted octanol–water partition coefficient (Wildman–Crippen LogP) is 1.96. The van der Waals surface area contributed by atoms with Gasteiger partial charge < -0.3 is 20.1 Å². The van der Waals surface area contributed by atoms with Crippen LogP contribution in [0.2, 0.25) is 0 Å². The van der Waals surface area contributed by atoms with Crippen molar-refractivity contribution in [3.8, 4) is 11.5 Å². The summed E-state index contributed by atoms with van der Waals surface area (Å²) >= 11 is 0. The normalized spacial score (nSPS) is 12.7. The third kappa shape index (κ3) is 3.42. The summed E-state index contributed by atoms with van der Waals surface area (Å²) in [6.07, 6.45) is 0. The van der Waals surface area contributed by atoms with E-state index >= 15 is 0 Å². The molecule has 2 amide bonds. The van der Waals surface area contributed by atoms with E-state index in [-0.39, 0.29) is 18.4 Å². The number of benzene rings is 2. The Kier molecular flexibility index (Phi) is 4.14. The van der Waals surface area contributed by atoms with Crippen molar-refractivity contribution in [3.63, 3.8) is 0 Å². The molecule has 1 heterocycles. The first-order chi connectivity index (χ1) is 11.2. The summed E-state index contributed by atoms with van der Waals surface area (Å²) in [6, 6.07) is 12.4. The molecule has 0 saturated carbocycles. The molecular weight excluding hydrogens is 296 g/mol. The second-order valence-electron chi connectivity index (χ2n) is 5.08. The van der Waals surface area contributed by atoms with E-state index in [1.165, 1.54) is 0 Å². The maximum Gasteiger partial charge on any atom is 0.262 e. The second kappa shape index (κ2) is 6.39. The Balaban J connectivity index is 1.68. The zero-order chi connectivity index (χ0) is 16.2. The van der Waals surface area contributed by atoms with Crippen molar-refractivity contribution >= 4 is 17.5 Å². The Labute approximate surface area is 133 Å². The molecule has 0 fully saturated rings. The quantitative estimate of drug-likeness (QED) is 0.905. The van der Waals surface area contributed by atoms with Gasteiger partial charge in [-0.3, -0.25) is 9.59 Å². The fraction of sp³-hybridized carbons (Fsp3) is 0.176. The van der Waals surface area contributed by atoms with Gasteiger partial charge in [0.2, 0.25) is 0 Å². The highest BCUT2D eigenvalue weighted by Crippen LogP contribution is 2.28. The molecule has 0 aromatic heterocycles. The minimum atomic E-state index is -0.230. The lowest BCUT2D eigenvalue weighted by molar-refractivity contribution is -0.118. The van der Waals surface area contributed by atoms with Crippen molar-refractivity contribution in [1.82, 2.24) is 5.32 Å². The van der Waals surface area contributed by atoms with E-state index in [4.69, 9.17) is 9.47 Å². The van der Waals surface area contributed by atoms with Gasteiger partial charge in [-0.2, -0.15) is 0 Å². The van der Waals surface area contributed by atoms with Crippen LogP contribution >= 0.6 is 0 Å². The molecule has 6 nitrogen and oxygen atoms in total. The van der Waals surface area contributed by atoms with Crippen LogP contribution in [0.1, 0.15) is 15.9 Å². The lowest BCUT2D eigenvalue weighted by Gasteiger charge is -2.18. The van der Waals surface area contributed by atoms with Crippen molar-refractivity contribution in [1.29, 1.82) is 0 Å². The molecule has 0 spiro atoms. The third-order valence-corrected chi connectivity index (χ3v) is 3.46. The smallest absolute Gasteiger partial charge is 0.262 e. The minimum absolute atomic E-state index is 0.00557. The molecule has 0 atom stereocenters. The van der Waals surface area contributed by atoms with Gasteiger partial charge in [-0.05, 0) is 35.9 Å². The van der Waals surface area contributed by atoms with Gasteiger partial charge in [0.1, 0.15) is 11.5 Å². The highest BCUT2D eigenvalue weighted by atomic mass is 16.5. The fourth-order valence-electron chi connectivity index (χ4n) is 2.29. The van der Waals surface area contributed by atoms with Crippen molar-refractivity contribution < 1.29 is 19.1 Å². The summed E-state index contributed by atoms with van der Waals surface area (Å²) in [4.78, 5) is 23.6. The Morgan fingerprint density at radius 2 is 2.17 bits per heavy atom. The van der Waals surface area contributed by atoms with Gasteiger partial charge in [0, 0.05) is 12.1 Å². The predicted molar refractivity (Wildman–Crippen MR) is 84.7 cm³/mol. The number of methoxy groups -OCH3 is 1. The van der Waals surface area contributed by atoms with Crippen molar-refractivity contribution in [2.75, 3.05) is 19.0 Å². The summed E-state index contributed by atoms with van der Waals surface area (Å²) in [6.45, 7) is 0.379. The van der Waals surface area contributed by atoms with Crippen LogP contribution in [-0.2, 0) is 11.3 Å². The molecule has 1 aliphatic rings. The first kappa shape index (κ1) is 14.9. The lowest BCUT2D eigenvalue weighted by atomic mass is 10.1. The monoisotopic (exact) mass is 312 g/mol. The molecule has 2 aromatic rings. The molecule has 2 N–H and O–H groups in total. The van der Waals surface area contributed by atoms with E-state index in [1.807, 2.05) is 24.3 Å². The molecule has 0 radical (unpaired) electrons. The Hall–Kier alpha value is -3.02. The zero-order valence-electron chi connectivity index (χ0n) is 12.6. The molecule has 23 heavy (non-hydrogen) atoms. The van der Waals surface area contributed by atoms with Gasteiger partial charge in [0.25, 0.3) is 11.8 Å². The van der Waals surface area contributed by atoms with Gasteiger partial charge >= 0.3 is 0 Å². The first-order valence-corrected chi connectivity index (χ1v) is 7.13. The van der Waals surface area contributed by atoms with E-state index in [0.29, 0.717) is 23.5 Å². The van der Waals surface area contributed by atoms with E-state index in [9.17, 15) is 9.59 Å². The third-order valence-electron chi connectivity index (χ3n) is 3.46. The Morgan fingerprint density at radius 3 is 3.00 bits per heavy atom. The summed E-state index contributed by atoms with van der Waals surface area (Å²) in [5.74, 6) is 0.848. The molecule has 6 heteroatoms. The molecule has 0 saturated heterocycles. The molecule has 1 aliphatic heterocycles. The van der Waals surface area contributed by atoms with Crippen LogP contribution in [0.5, 0.6) is 11.5 Å². The SMILES string of the molecule is COc1cccc(CNC(=O)c2ccc3c(c2)NC(=O)CO3)c1. The summed E-state index contributed by atoms with van der Waals surface area (Å²) in [5, 5.41) is 5.52. The van der Waals surface area contributed by atoms with E-state index in [1.54, 1.807) is 25.3 Å². The van der Waals surface area contributed by atoms with Crippen LogP contribution in [0.25, 0.3) is 0 Å². The number of hydrogen-bond acceptors (Lipinski definition) is 4. The minimum Gasteiger partial charge on any atom is -0.497 e. The van der Waals surface area contributed by atoms with Crippen LogP contribution in [0, 0.1) is 0 Å². The van der Waals surface area contributed by atoms with Crippen molar-refractivity contribution in [3.05, 3.63) is 53.6 Å². The second-order valence-corrected chi connectivity index (χ2v) is 5.08. The van der Waals surface area contributed by atoms with Crippen LogP contribution in [0.15, 0.2) is 42.5 Å². The van der Waals surface area contributed by atoms with Crippen LogP contribution in [0.4, 0.5) is 5.69 Å². The van der Waals surface area contributed by atoms with Crippen molar-refractivity contribution in [2.24, 2.45) is 0 Å². The number of carbonyl (C=O) groups is 2. The molecule has 0 bridgehead atoms. The molecule has 2 aromatic carbocycles.